The number of aliphatic carboxylic acids is 1. The number of amides is 1. The van der Waals surface area contributed by atoms with E-state index in [4.69, 9.17) is 5.11 Å². The summed E-state index contributed by atoms with van der Waals surface area (Å²) in [6.45, 7) is 12.9. The van der Waals surface area contributed by atoms with Crippen molar-refractivity contribution >= 4 is 11.9 Å². The largest absolute Gasteiger partial charge is 0.480 e. The molecule has 19 heavy (non-hydrogen) atoms. The number of carbonyl (C=O) groups excluding carboxylic acids is 1. The quantitative estimate of drug-likeness (QED) is 0.740. The summed E-state index contributed by atoms with van der Waals surface area (Å²) in [7, 11) is 0. The van der Waals surface area contributed by atoms with Crippen LogP contribution in [0, 0.1) is 5.92 Å². The molecule has 0 aliphatic carbocycles. The highest BCUT2D eigenvalue weighted by Crippen LogP contribution is 2.12. The molecule has 1 atom stereocenters. The molecule has 0 saturated carbocycles. The molecule has 0 spiro atoms. The van der Waals surface area contributed by atoms with Crippen LogP contribution in [0.5, 0.6) is 0 Å². The van der Waals surface area contributed by atoms with Gasteiger partial charge in [-0.05, 0) is 39.7 Å². The van der Waals surface area contributed by atoms with Gasteiger partial charge in [-0.1, -0.05) is 20.8 Å². The van der Waals surface area contributed by atoms with Crippen molar-refractivity contribution in [3.8, 4) is 0 Å². The molecule has 1 amide bonds. The molecule has 1 unspecified atom stereocenters. The normalized spacial score (nSPS) is 13.7. The topological polar surface area (TPSA) is 69.6 Å². The van der Waals surface area contributed by atoms with Crippen LogP contribution in [0.15, 0.2) is 0 Å². The second-order valence-corrected chi connectivity index (χ2v) is 6.27. The number of hydrogen-bond acceptors (Lipinski definition) is 3. The SMILES string of the molecule is CCN(CC(=O)NC(CC(C)C)C(=O)O)C(C)(C)C. The van der Waals surface area contributed by atoms with E-state index < -0.39 is 12.0 Å². The highest BCUT2D eigenvalue weighted by atomic mass is 16.4. The van der Waals surface area contributed by atoms with Crippen LogP contribution in [-0.2, 0) is 9.59 Å². The molecule has 0 fully saturated rings. The van der Waals surface area contributed by atoms with Gasteiger partial charge in [0.15, 0.2) is 0 Å². The van der Waals surface area contributed by atoms with Gasteiger partial charge < -0.3 is 10.4 Å². The van der Waals surface area contributed by atoms with E-state index in [0.29, 0.717) is 6.42 Å². The number of nitrogens with zero attached hydrogens (tertiary/aromatic N) is 1. The number of carboxylic acids is 1. The van der Waals surface area contributed by atoms with Crippen molar-refractivity contribution in [3.05, 3.63) is 0 Å². The molecular weight excluding hydrogens is 244 g/mol. The zero-order valence-electron chi connectivity index (χ0n) is 13.0. The summed E-state index contributed by atoms with van der Waals surface area (Å²) in [4.78, 5) is 25.0. The van der Waals surface area contributed by atoms with Gasteiger partial charge in [-0.15, -0.1) is 0 Å². The highest BCUT2D eigenvalue weighted by molar-refractivity contribution is 5.84. The lowest BCUT2D eigenvalue weighted by Gasteiger charge is -2.34. The minimum atomic E-state index is -0.971. The third-order valence-electron chi connectivity index (χ3n) is 3.01. The van der Waals surface area contributed by atoms with Crippen molar-refractivity contribution in [1.82, 2.24) is 10.2 Å². The summed E-state index contributed by atoms with van der Waals surface area (Å²) in [5.41, 5.74) is -0.108. The zero-order valence-corrected chi connectivity index (χ0v) is 13.0. The van der Waals surface area contributed by atoms with Gasteiger partial charge in [0.25, 0.3) is 0 Å². The Morgan fingerprint density at radius 1 is 1.26 bits per heavy atom. The Hall–Kier alpha value is -1.10. The molecule has 2 N–H and O–H groups in total. The maximum atomic E-state index is 11.9. The number of carbonyl (C=O) groups is 2. The number of nitrogens with one attached hydrogen (secondary N) is 1. The van der Waals surface area contributed by atoms with Gasteiger partial charge in [-0.2, -0.15) is 0 Å². The Kier molecular flexibility index (Phi) is 7.05. The van der Waals surface area contributed by atoms with Gasteiger partial charge in [0.05, 0.1) is 6.54 Å². The Morgan fingerprint density at radius 2 is 1.79 bits per heavy atom. The van der Waals surface area contributed by atoms with Crippen molar-refractivity contribution in [2.45, 2.75) is 59.5 Å². The fraction of sp³-hybridized carbons (Fsp3) is 0.857. The number of hydrogen-bond donors (Lipinski definition) is 2. The molecule has 0 saturated heterocycles. The molecule has 0 heterocycles. The monoisotopic (exact) mass is 272 g/mol. The van der Waals surface area contributed by atoms with Crippen molar-refractivity contribution in [1.29, 1.82) is 0 Å². The first-order valence-corrected chi connectivity index (χ1v) is 6.85. The van der Waals surface area contributed by atoms with Crippen LogP contribution < -0.4 is 5.32 Å². The summed E-state index contributed by atoms with van der Waals surface area (Å²) in [6, 6.07) is -0.800. The Morgan fingerprint density at radius 3 is 2.11 bits per heavy atom. The molecule has 5 heteroatoms. The summed E-state index contributed by atoms with van der Waals surface area (Å²) in [6.07, 6.45) is 0.447. The van der Waals surface area contributed by atoms with Crippen LogP contribution in [0.4, 0.5) is 0 Å². The first-order chi connectivity index (χ1) is 8.57. The lowest BCUT2D eigenvalue weighted by Crippen LogP contribution is -2.50. The second kappa shape index (κ2) is 7.48. The first-order valence-electron chi connectivity index (χ1n) is 6.85. The summed E-state index contributed by atoms with van der Waals surface area (Å²) >= 11 is 0. The highest BCUT2D eigenvalue weighted by Gasteiger charge is 2.25. The fourth-order valence-corrected chi connectivity index (χ4v) is 1.93. The van der Waals surface area contributed by atoms with Crippen LogP contribution in [0.3, 0.4) is 0 Å². The van der Waals surface area contributed by atoms with E-state index in [9.17, 15) is 9.59 Å². The zero-order chi connectivity index (χ0) is 15.2. The van der Waals surface area contributed by atoms with Crippen LogP contribution >= 0.6 is 0 Å². The standard InChI is InChI=1S/C14H28N2O3/c1-7-16(14(4,5)6)9-12(17)15-11(13(18)19)8-10(2)3/h10-11H,7-9H2,1-6H3,(H,15,17)(H,18,19). The van der Waals surface area contributed by atoms with Crippen LogP contribution in [-0.4, -0.2) is 46.6 Å². The molecule has 0 aliphatic rings. The third kappa shape index (κ3) is 7.15. The maximum absolute atomic E-state index is 11.9. The van der Waals surface area contributed by atoms with E-state index in [2.05, 4.69) is 5.32 Å². The fourth-order valence-electron chi connectivity index (χ4n) is 1.93. The Labute approximate surface area is 116 Å². The van der Waals surface area contributed by atoms with Gasteiger partial charge in [0, 0.05) is 5.54 Å². The van der Waals surface area contributed by atoms with Crippen molar-refractivity contribution < 1.29 is 14.7 Å². The second-order valence-electron chi connectivity index (χ2n) is 6.27. The molecule has 0 aromatic rings. The van der Waals surface area contributed by atoms with E-state index in [1.165, 1.54) is 0 Å². The van der Waals surface area contributed by atoms with Crippen LogP contribution in [0.2, 0.25) is 0 Å². The van der Waals surface area contributed by atoms with Gasteiger partial charge in [0.1, 0.15) is 6.04 Å². The van der Waals surface area contributed by atoms with Crippen LogP contribution in [0.25, 0.3) is 0 Å². The Bertz CT molecular complexity index is 308. The summed E-state index contributed by atoms with van der Waals surface area (Å²) < 4.78 is 0. The molecule has 0 aromatic carbocycles. The van der Waals surface area contributed by atoms with Crippen molar-refractivity contribution in [2.75, 3.05) is 13.1 Å². The lowest BCUT2D eigenvalue weighted by molar-refractivity contribution is -0.142. The van der Waals surface area contributed by atoms with Crippen LogP contribution in [0.1, 0.15) is 48.0 Å². The molecule has 112 valence electrons. The summed E-state index contributed by atoms with van der Waals surface area (Å²) in [5, 5.41) is 11.7. The molecule has 0 aromatic heterocycles. The number of carboxylic acid groups (broad SMARTS) is 1. The van der Waals surface area contributed by atoms with E-state index in [1.807, 2.05) is 46.4 Å². The molecule has 0 aliphatic heterocycles. The smallest absolute Gasteiger partial charge is 0.326 e. The van der Waals surface area contributed by atoms with Crippen molar-refractivity contribution in [2.24, 2.45) is 5.92 Å². The first kappa shape index (κ1) is 17.9. The van der Waals surface area contributed by atoms with Gasteiger partial charge in [0.2, 0.25) is 5.91 Å². The molecule has 0 radical (unpaired) electrons. The minimum Gasteiger partial charge on any atom is -0.480 e. The number of rotatable bonds is 7. The predicted octanol–water partition coefficient (Wildman–Crippen LogP) is 1.72. The molecule has 0 bridgehead atoms. The van der Waals surface area contributed by atoms with Gasteiger partial charge >= 0.3 is 5.97 Å². The average molecular weight is 272 g/mol. The summed E-state index contributed by atoms with van der Waals surface area (Å²) in [5.74, 6) is -0.975. The van der Waals surface area contributed by atoms with Gasteiger partial charge in [-0.3, -0.25) is 9.69 Å². The van der Waals surface area contributed by atoms with E-state index in [-0.39, 0.29) is 23.9 Å². The molecular formula is C14H28N2O3. The van der Waals surface area contributed by atoms with E-state index in [1.54, 1.807) is 0 Å². The van der Waals surface area contributed by atoms with Gasteiger partial charge in [-0.25, -0.2) is 4.79 Å². The van der Waals surface area contributed by atoms with E-state index >= 15 is 0 Å². The lowest BCUT2D eigenvalue weighted by atomic mass is 10.0. The minimum absolute atomic E-state index is 0.108. The molecule has 5 nitrogen and oxygen atoms in total. The average Bonchev–Trinajstić information content (AvgIpc) is 2.22. The predicted molar refractivity (Wildman–Crippen MR) is 76.0 cm³/mol. The maximum Gasteiger partial charge on any atom is 0.326 e. The molecule has 0 rings (SSSR count). The Balaban J connectivity index is 4.53. The third-order valence-corrected chi connectivity index (χ3v) is 3.01. The van der Waals surface area contributed by atoms with Crippen molar-refractivity contribution in [3.63, 3.8) is 0 Å². The van der Waals surface area contributed by atoms with E-state index in [0.717, 1.165) is 6.54 Å². The number of likely N-dealkylation sites (N-methyl/N-ethyl adjacent to an activating group) is 1.